The van der Waals surface area contributed by atoms with Crippen molar-refractivity contribution in [3.8, 4) is 0 Å². The first-order valence-corrected chi connectivity index (χ1v) is 7.55. The Morgan fingerprint density at radius 2 is 2.11 bits per heavy atom. The van der Waals surface area contributed by atoms with Gasteiger partial charge < -0.3 is 10.5 Å². The van der Waals surface area contributed by atoms with Crippen molar-refractivity contribution in [3.05, 3.63) is 0 Å². The van der Waals surface area contributed by atoms with E-state index in [2.05, 4.69) is 25.7 Å². The predicted molar refractivity (Wildman–Crippen MR) is 77.8 cm³/mol. The molecule has 0 spiro atoms. The molecule has 0 aromatic carbocycles. The molecule has 1 saturated heterocycles. The molecular formula is C15H32N2O. The molecule has 0 saturated carbocycles. The number of methoxy groups -OCH3 is 1. The molecule has 1 rings (SSSR count). The normalized spacial score (nSPS) is 29.2. The number of likely N-dealkylation sites (tertiary alicyclic amines) is 1. The Hall–Kier alpha value is -0.120. The number of hydrogen-bond donors (Lipinski definition) is 1. The van der Waals surface area contributed by atoms with E-state index in [1.165, 1.54) is 38.6 Å². The van der Waals surface area contributed by atoms with Crippen LogP contribution in [0.1, 0.15) is 52.9 Å². The van der Waals surface area contributed by atoms with Crippen molar-refractivity contribution in [1.29, 1.82) is 0 Å². The number of hydrogen-bond acceptors (Lipinski definition) is 3. The Balaban J connectivity index is 2.58. The van der Waals surface area contributed by atoms with E-state index in [4.69, 9.17) is 10.5 Å². The van der Waals surface area contributed by atoms with Crippen LogP contribution < -0.4 is 5.73 Å². The van der Waals surface area contributed by atoms with Crippen molar-refractivity contribution < 1.29 is 4.74 Å². The fourth-order valence-corrected chi connectivity index (χ4v) is 2.98. The van der Waals surface area contributed by atoms with Gasteiger partial charge in [0.25, 0.3) is 0 Å². The molecule has 0 aromatic heterocycles. The van der Waals surface area contributed by atoms with Gasteiger partial charge in [0.05, 0.1) is 6.10 Å². The highest BCUT2D eigenvalue weighted by Gasteiger charge is 2.36. The van der Waals surface area contributed by atoms with E-state index >= 15 is 0 Å². The molecule has 3 nitrogen and oxygen atoms in total. The summed E-state index contributed by atoms with van der Waals surface area (Å²) in [5, 5.41) is 0. The van der Waals surface area contributed by atoms with Gasteiger partial charge in [-0.25, -0.2) is 0 Å². The molecule has 1 aliphatic heterocycles. The average Bonchev–Trinajstić information content (AvgIpc) is 2.39. The van der Waals surface area contributed by atoms with Gasteiger partial charge in [-0.3, -0.25) is 4.90 Å². The first kappa shape index (κ1) is 15.9. The number of nitrogens with zero attached hydrogens (tertiary/aromatic N) is 1. The van der Waals surface area contributed by atoms with E-state index in [1.54, 1.807) is 0 Å². The lowest BCUT2D eigenvalue weighted by Crippen LogP contribution is -2.57. The van der Waals surface area contributed by atoms with Crippen LogP contribution in [0.4, 0.5) is 0 Å². The second kappa shape index (κ2) is 7.46. The van der Waals surface area contributed by atoms with Crippen molar-refractivity contribution in [1.82, 2.24) is 4.90 Å². The van der Waals surface area contributed by atoms with E-state index in [9.17, 15) is 0 Å². The van der Waals surface area contributed by atoms with Crippen LogP contribution in [0.2, 0.25) is 0 Å². The maximum Gasteiger partial charge on any atom is 0.0724 e. The van der Waals surface area contributed by atoms with Gasteiger partial charge in [0.15, 0.2) is 0 Å². The SMILES string of the molecule is CCCCCC(C)(CN)N1CCC(C)C(OC)C1. The first-order chi connectivity index (χ1) is 8.57. The Bertz CT molecular complexity index is 235. The third-order valence-corrected chi connectivity index (χ3v) is 4.71. The quantitative estimate of drug-likeness (QED) is 0.712. The highest BCUT2D eigenvalue weighted by atomic mass is 16.5. The number of rotatable bonds is 7. The number of unbranched alkanes of at least 4 members (excludes halogenated alkanes) is 2. The van der Waals surface area contributed by atoms with Crippen molar-refractivity contribution in [2.75, 3.05) is 26.7 Å². The Morgan fingerprint density at radius 3 is 2.67 bits per heavy atom. The monoisotopic (exact) mass is 256 g/mol. The third kappa shape index (κ3) is 3.94. The van der Waals surface area contributed by atoms with Crippen LogP contribution in [0.25, 0.3) is 0 Å². The van der Waals surface area contributed by atoms with Crippen LogP contribution in [0, 0.1) is 5.92 Å². The van der Waals surface area contributed by atoms with Crippen molar-refractivity contribution >= 4 is 0 Å². The fourth-order valence-electron chi connectivity index (χ4n) is 2.98. The minimum Gasteiger partial charge on any atom is -0.380 e. The first-order valence-electron chi connectivity index (χ1n) is 7.55. The summed E-state index contributed by atoms with van der Waals surface area (Å²) in [7, 11) is 1.83. The molecule has 3 unspecified atom stereocenters. The third-order valence-electron chi connectivity index (χ3n) is 4.71. The van der Waals surface area contributed by atoms with Crippen molar-refractivity contribution in [2.45, 2.75) is 64.5 Å². The zero-order valence-corrected chi connectivity index (χ0v) is 12.7. The summed E-state index contributed by atoms with van der Waals surface area (Å²) < 4.78 is 5.62. The molecule has 1 aliphatic rings. The fraction of sp³-hybridized carbons (Fsp3) is 1.00. The summed E-state index contributed by atoms with van der Waals surface area (Å²) >= 11 is 0. The van der Waals surface area contributed by atoms with Crippen molar-refractivity contribution in [3.63, 3.8) is 0 Å². The van der Waals surface area contributed by atoms with Crippen LogP contribution in [0.15, 0.2) is 0 Å². The largest absolute Gasteiger partial charge is 0.380 e. The van der Waals surface area contributed by atoms with Gasteiger partial charge in [0.2, 0.25) is 0 Å². The molecule has 108 valence electrons. The number of ether oxygens (including phenoxy) is 1. The lowest BCUT2D eigenvalue weighted by Gasteiger charge is -2.46. The molecule has 0 amide bonds. The summed E-state index contributed by atoms with van der Waals surface area (Å²) in [5.41, 5.74) is 6.22. The lowest BCUT2D eigenvalue weighted by molar-refractivity contribution is -0.0426. The van der Waals surface area contributed by atoms with Crippen molar-refractivity contribution in [2.24, 2.45) is 11.7 Å². The van der Waals surface area contributed by atoms with E-state index in [1.807, 2.05) is 7.11 Å². The van der Waals surface area contributed by atoms with Crippen LogP contribution in [-0.2, 0) is 4.74 Å². The van der Waals surface area contributed by atoms with Crippen LogP contribution in [0.5, 0.6) is 0 Å². The predicted octanol–water partition coefficient (Wildman–Crippen LogP) is 2.64. The molecule has 2 N–H and O–H groups in total. The van der Waals surface area contributed by atoms with Crippen LogP contribution in [-0.4, -0.2) is 43.3 Å². The topological polar surface area (TPSA) is 38.5 Å². The molecule has 0 radical (unpaired) electrons. The van der Waals surface area contributed by atoms with E-state index in [0.717, 1.165) is 13.1 Å². The second-order valence-electron chi connectivity index (χ2n) is 6.14. The van der Waals surface area contributed by atoms with Gasteiger partial charge >= 0.3 is 0 Å². The molecule has 3 atom stereocenters. The second-order valence-corrected chi connectivity index (χ2v) is 6.14. The molecule has 1 fully saturated rings. The maximum atomic E-state index is 6.06. The molecule has 3 heteroatoms. The molecule has 1 heterocycles. The minimum atomic E-state index is 0.159. The zero-order chi connectivity index (χ0) is 13.6. The summed E-state index contributed by atoms with van der Waals surface area (Å²) in [6.45, 7) is 9.83. The van der Waals surface area contributed by atoms with E-state index in [-0.39, 0.29) is 5.54 Å². The molecule has 0 aliphatic carbocycles. The minimum absolute atomic E-state index is 0.159. The van der Waals surface area contributed by atoms with Gasteiger partial charge in [0, 0.05) is 25.7 Å². The highest BCUT2D eigenvalue weighted by Crippen LogP contribution is 2.28. The summed E-state index contributed by atoms with van der Waals surface area (Å²) in [4.78, 5) is 2.57. The van der Waals surface area contributed by atoms with Crippen LogP contribution >= 0.6 is 0 Å². The summed E-state index contributed by atoms with van der Waals surface area (Å²) in [6, 6.07) is 0. The summed E-state index contributed by atoms with van der Waals surface area (Å²) in [5.74, 6) is 0.670. The van der Waals surface area contributed by atoms with Gasteiger partial charge in [-0.15, -0.1) is 0 Å². The number of piperidine rings is 1. The zero-order valence-electron chi connectivity index (χ0n) is 12.7. The highest BCUT2D eigenvalue weighted by molar-refractivity contribution is 4.92. The summed E-state index contributed by atoms with van der Waals surface area (Å²) in [6.07, 6.45) is 6.68. The molecule has 0 aromatic rings. The standard InChI is InChI=1S/C15H32N2O/c1-5-6-7-9-15(3,12-16)17-10-8-13(2)14(11-17)18-4/h13-14H,5-12,16H2,1-4H3. The molecule has 0 bridgehead atoms. The van der Waals surface area contributed by atoms with Gasteiger partial charge in [-0.1, -0.05) is 33.1 Å². The Kier molecular flexibility index (Phi) is 6.61. The van der Waals surface area contributed by atoms with E-state index < -0.39 is 0 Å². The Morgan fingerprint density at radius 1 is 1.39 bits per heavy atom. The van der Waals surface area contributed by atoms with Gasteiger partial charge in [-0.2, -0.15) is 0 Å². The maximum absolute atomic E-state index is 6.06. The van der Waals surface area contributed by atoms with Gasteiger partial charge in [-0.05, 0) is 32.2 Å². The lowest BCUT2D eigenvalue weighted by atomic mass is 9.87. The smallest absolute Gasteiger partial charge is 0.0724 e. The molecular weight excluding hydrogens is 224 g/mol. The average molecular weight is 256 g/mol. The van der Waals surface area contributed by atoms with Crippen LogP contribution in [0.3, 0.4) is 0 Å². The number of nitrogens with two attached hydrogens (primary N) is 1. The van der Waals surface area contributed by atoms with E-state index in [0.29, 0.717) is 12.0 Å². The molecule has 18 heavy (non-hydrogen) atoms. The van der Waals surface area contributed by atoms with Gasteiger partial charge in [0.1, 0.15) is 0 Å². The Labute approximate surface area is 113 Å².